The summed E-state index contributed by atoms with van der Waals surface area (Å²) >= 11 is 1.82. The van der Waals surface area contributed by atoms with Gasteiger partial charge in [-0.05, 0) is 30.0 Å². The van der Waals surface area contributed by atoms with Crippen LogP contribution in [0.25, 0.3) is 0 Å². The van der Waals surface area contributed by atoms with Crippen molar-refractivity contribution < 1.29 is 4.42 Å². The molecule has 1 atom stereocenters. The molecule has 2 aromatic heterocycles. The minimum Gasteiger partial charge on any atom is -0.425 e. The Bertz CT molecular complexity index is 739. The second-order valence-electron chi connectivity index (χ2n) is 6.00. The summed E-state index contributed by atoms with van der Waals surface area (Å²) in [5.74, 6) is 1.87. The lowest BCUT2D eigenvalue weighted by Gasteiger charge is -2.13. The number of thiophene rings is 1. The maximum absolute atomic E-state index is 5.91. The molecule has 0 bridgehead atoms. The summed E-state index contributed by atoms with van der Waals surface area (Å²) in [7, 11) is 0. The molecule has 0 unspecified atom stereocenters. The number of nitrogens with zero attached hydrogens (tertiary/aromatic N) is 3. The third-order valence-corrected chi connectivity index (χ3v) is 5.12. The topological polar surface area (TPSA) is 42.2 Å². The van der Waals surface area contributed by atoms with Crippen LogP contribution in [0.3, 0.4) is 0 Å². The molecule has 3 aromatic rings. The lowest BCUT2D eigenvalue weighted by molar-refractivity contribution is 0.321. The van der Waals surface area contributed by atoms with Crippen molar-refractivity contribution in [2.75, 3.05) is 13.1 Å². The monoisotopic (exact) mass is 325 g/mol. The molecule has 0 N–H and O–H groups in total. The van der Waals surface area contributed by atoms with Gasteiger partial charge in [-0.1, -0.05) is 36.4 Å². The lowest BCUT2D eigenvalue weighted by Crippen LogP contribution is -2.19. The van der Waals surface area contributed by atoms with Crippen molar-refractivity contribution in [3.63, 3.8) is 0 Å². The summed E-state index contributed by atoms with van der Waals surface area (Å²) in [6.07, 6.45) is 1.80. The summed E-state index contributed by atoms with van der Waals surface area (Å²) in [6, 6.07) is 14.6. The van der Waals surface area contributed by atoms with E-state index in [1.54, 1.807) is 0 Å². The fourth-order valence-electron chi connectivity index (χ4n) is 3.07. The van der Waals surface area contributed by atoms with Crippen LogP contribution in [0, 0.1) is 0 Å². The van der Waals surface area contributed by atoms with Crippen molar-refractivity contribution in [2.45, 2.75) is 25.3 Å². The van der Waals surface area contributed by atoms with Gasteiger partial charge in [0.2, 0.25) is 11.8 Å². The van der Waals surface area contributed by atoms with Gasteiger partial charge in [-0.2, -0.15) is 0 Å². The van der Waals surface area contributed by atoms with E-state index in [4.69, 9.17) is 4.42 Å². The highest BCUT2D eigenvalue weighted by atomic mass is 32.1. The van der Waals surface area contributed by atoms with Gasteiger partial charge in [-0.25, -0.2) is 0 Å². The molecular weight excluding hydrogens is 306 g/mol. The van der Waals surface area contributed by atoms with Crippen molar-refractivity contribution >= 4 is 11.3 Å². The molecule has 0 saturated carbocycles. The zero-order chi connectivity index (χ0) is 15.5. The van der Waals surface area contributed by atoms with Crippen LogP contribution in [0.5, 0.6) is 0 Å². The molecular formula is C18H19N3OS. The summed E-state index contributed by atoms with van der Waals surface area (Å²) in [5.41, 5.74) is 1.20. The minimum atomic E-state index is 0.368. The van der Waals surface area contributed by atoms with Gasteiger partial charge in [0.25, 0.3) is 0 Å². The molecule has 4 nitrogen and oxygen atoms in total. The van der Waals surface area contributed by atoms with Crippen LogP contribution in [0.2, 0.25) is 0 Å². The highest BCUT2D eigenvalue weighted by molar-refractivity contribution is 7.09. The summed E-state index contributed by atoms with van der Waals surface area (Å²) in [5, 5.41) is 10.6. The number of likely N-dealkylation sites (tertiary alicyclic amines) is 1. The zero-order valence-electron chi connectivity index (χ0n) is 12.9. The van der Waals surface area contributed by atoms with E-state index >= 15 is 0 Å². The predicted octanol–water partition coefficient (Wildman–Crippen LogP) is 3.71. The van der Waals surface area contributed by atoms with E-state index in [9.17, 15) is 0 Å². The fraction of sp³-hybridized carbons (Fsp3) is 0.333. The lowest BCUT2D eigenvalue weighted by atomic mass is 10.1. The molecule has 0 radical (unpaired) electrons. The van der Waals surface area contributed by atoms with Crippen LogP contribution < -0.4 is 0 Å². The number of benzene rings is 1. The van der Waals surface area contributed by atoms with Gasteiger partial charge < -0.3 is 4.42 Å². The van der Waals surface area contributed by atoms with Crippen molar-refractivity contribution in [3.05, 3.63) is 70.1 Å². The van der Waals surface area contributed by atoms with Crippen LogP contribution in [0.4, 0.5) is 0 Å². The van der Waals surface area contributed by atoms with Gasteiger partial charge in [0.15, 0.2) is 0 Å². The number of hydrogen-bond acceptors (Lipinski definition) is 5. The SMILES string of the molecule is c1ccc(Cc2nnc([C@H]3CCN(Cc4cccs4)C3)o2)cc1. The van der Waals surface area contributed by atoms with E-state index in [0.29, 0.717) is 18.2 Å². The van der Waals surface area contributed by atoms with Crippen molar-refractivity contribution in [2.24, 2.45) is 0 Å². The number of hydrogen-bond donors (Lipinski definition) is 0. The molecule has 1 saturated heterocycles. The maximum atomic E-state index is 5.91. The Morgan fingerprint density at radius 2 is 2.04 bits per heavy atom. The molecule has 118 valence electrons. The first-order valence-corrected chi connectivity index (χ1v) is 8.86. The van der Waals surface area contributed by atoms with Crippen LogP contribution in [0.15, 0.2) is 52.3 Å². The maximum Gasteiger partial charge on any atom is 0.220 e. The normalized spacial score (nSPS) is 18.5. The highest BCUT2D eigenvalue weighted by Gasteiger charge is 2.28. The molecule has 1 fully saturated rings. The largest absolute Gasteiger partial charge is 0.425 e. The molecule has 23 heavy (non-hydrogen) atoms. The van der Waals surface area contributed by atoms with Crippen molar-refractivity contribution in [1.82, 2.24) is 15.1 Å². The van der Waals surface area contributed by atoms with E-state index in [0.717, 1.165) is 31.9 Å². The third-order valence-electron chi connectivity index (χ3n) is 4.26. The van der Waals surface area contributed by atoms with E-state index in [-0.39, 0.29) is 0 Å². The molecule has 0 amide bonds. The van der Waals surface area contributed by atoms with Gasteiger partial charge in [-0.15, -0.1) is 21.5 Å². The van der Waals surface area contributed by atoms with Gasteiger partial charge in [0, 0.05) is 18.0 Å². The third kappa shape index (κ3) is 3.51. The summed E-state index contributed by atoms with van der Waals surface area (Å²) < 4.78 is 5.91. The van der Waals surface area contributed by atoms with Gasteiger partial charge in [-0.3, -0.25) is 4.90 Å². The van der Waals surface area contributed by atoms with Gasteiger partial charge in [0.1, 0.15) is 0 Å². The number of aromatic nitrogens is 2. The molecule has 0 aliphatic carbocycles. The predicted molar refractivity (Wildman–Crippen MR) is 90.5 cm³/mol. The first-order valence-electron chi connectivity index (χ1n) is 7.98. The van der Waals surface area contributed by atoms with E-state index in [1.807, 2.05) is 29.5 Å². The summed E-state index contributed by atoms with van der Waals surface area (Å²) in [6.45, 7) is 3.13. The molecule has 3 heterocycles. The Kier molecular flexibility index (Phi) is 4.22. The first-order chi connectivity index (χ1) is 11.4. The average molecular weight is 325 g/mol. The Labute approximate surface area is 139 Å². The second-order valence-corrected chi connectivity index (χ2v) is 7.03. The summed E-state index contributed by atoms with van der Waals surface area (Å²) in [4.78, 5) is 3.89. The van der Waals surface area contributed by atoms with Crippen molar-refractivity contribution in [1.29, 1.82) is 0 Å². The average Bonchev–Trinajstić information content (AvgIpc) is 3.30. The van der Waals surface area contributed by atoms with E-state index in [2.05, 4.69) is 44.7 Å². The van der Waals surface area contributed by atoms with Crippen molar-refractivity contribution in [3.8, 4) is 0 Å². The molecule has 1 aliphatic heterocycles. The van der Waals surface area contributed by atoms with Gasteiger partial charge >= 0.3 is 0 Å². The minimum absolute atomic E-state index is 0.368. The Balaban J connectivity index is 1.38. The molecule has 1 aliphatic rings. The molecule has 1 aromatic carbocycles. The Hall–Kier alpha value is -1.98. The molecule has 0 spiro atoms. The standard InChI is InChI=1S/C18H19N3OS/c1-2-5-14(6-3-1)11-17-19-20-18(22-17)15-8-9-21(12-15)13-16-7-4-10-23-16/h1-7,10,15H,8-9,11-13H2/t15-/m0/s1. The quantitative estimate of drug-likeness (QED) is 0.717. The first kappa shape index (κ1) is 14.6. The fourth-order valence-corrected chi connectivity index (χ4v) is 3.82. The van der Waals surface area contributed by atoms with Crippen LogP contribution in [-0.2, 0) is 13.0 Å². The van der Waals surface area contributed by atoms with Crippen LogP contribution in [0.1, 0.15) is 34.6 Å². The smallest absolute Gasteiger partial charge is 0.220 e. The zero-order valence-corrected chi connectivity index (χ0v) is 13.7. The van der Waals surface area contributed by atoms with E-state index in [1.165, 1.54) is 10.4 Å². The molecule has 4 rings (SSSR count). The van der Waals surface area contributed by atoms with Crippen LogP contribution >= 0.6 is 11.3 Å². The van der Waals surface area contributed by atoms with Crippen LogP contribution in [-0.4, -0.2) is 28.2 Å². The van der Waals surface area contributed by atoms with E-state index < -0.39 is 0 Å². The van der Waals surface area contributed by atoms with Gasteiger partial charge in [0.05, 0.1) is 12.3 Å². The highest BCUT2D eigenvalue weighted by Crippen LogP contribution is 2.28. The molecule has 5 heteroatoms. The Morgan fingerprint density at radius 3 is 2.87 bits per heavy atom. The second kappa shape index (κ2) is 6.64. The number of rotatable bonds is 5. The Morgan fingerprint density at radius 1 is 1.13 bits per heavy atom.